The van der Waals surface area contributed by atoms with Crippen molar-refractivity contribution in [3.05, 3.63) is 22.4 Å². The first-order chi connectivity index (χ1) is 10.1. The lowest BCUT2D eigenvalue weighted by atomic mass is 10.1. The Labute approximate surface area is 129 Å². The zero-order valence-electron chi connectivity index (χ0n) is 12.2. The van der Waals surface area contributed by atoms with E-state index in [0.29, 0.717) is 25.4 Å². The lowest BCUT2D eigenvalue weighted by molar-refractivity contribution is -0.137. The fourth-order valence-electron chi connectivity index (χ4n) is 2.25. The maximum absolute atomic E-state index is 12.4. The van der Waals surface area contributed by atoms with E-state index in [9.17, 15) is 9.59 Å². The zero-order chi connectivity index (χ0) is 15.2. The van der Waals surface area contributed by atoms with Gasteiger partial charge in [-0.3, -0.25) is 4.79 Å². The minimum atomic E-state index is -0.786. The molecule has 1 unspecified atom stereocenters. The number of hydrogen-bond acceptors (Lipinski definition) is 3. The lowest BCUT2D eigenvalue weighted by Crippen LogP contribution is -2.44. The van der Waals surface area contributed by atoms with Crippen molar-refractivity contribution in [1.82, 2.24) is 10.2 Å². The van der Waals surface area contributed by atoms with E-state index < -0.39 is 5.97 Å². The molecule has 1 atom stereocenters. The van der Waals surface area contributed by atoms with Gasteiger partial charge in [-0.15, -0.1) is 11.3 Å². The molecule has 2 N–H and O–H groups in total. The minimum Gasteiger partial charge on any atom is -0.481 e. The van der Waals surface area contributed by atoms with Gasteiger partial charge in [-0.05, 0) is 44.1 Å². The van der Waals surface area contributed by atoms with Crippen molar-refractivity contribution in [2.75, 3.05) is 0 Å². The third-order valence-corrected chi connectivity index (χ3v) is 4.41. The molecule has 2 rings (SSSR count). The molecule has 0 bridgehead atoms. The van der Waals surface area contributed by atoms with Crippen LogP contribution in [0.15, 0.2) is 17.5 Å². The lowest BCUT2D eigenvalue weighted by Gasteiger charge is -2.24. The normalized spacial score (nSPS) is 15.5. The van der Waals surface area contributed by atoms with Crippen LogP contribution in [0.2, 0.25) is 0 Å². The molecule has 0 saturated heterocycles. The first-order valence-corrected chi connectivity index (χ1v) is 8.25. The summed E-state index contributed by atoms with van der Waals surface area (Å²) in [5.41, 5.74) is 0. The standard InChI is InChI=1S/C15H22N2O3S/c1-11(4-2-6-14(18)19)16-15(20)17(12-7-8-12)10-13-5-3-9-21-13/h3,5,9,11-12H,2,4,6-8,10H2,1H3,(H,16,20)(H,18,19). The number of amides is 2. The largest absolute Gasteiger partial charge is 0.481 e. The number of hydrogen-bond donors (Lipinski definition) is 2. The van der Waals surface area contributed by atoms with Crippen LogP contribution in [0.1, 0.15) is 43.9 Å². The molecule has 0 aliphatic heterocycles. The number of carboxylic acid groups (broad SMARTS) is 1. The van der Waals surface area contributed by atoms with E-state index in [0.717, 1.165) is 12.8 Å². The van der Waals surface area contributed by atoms with Crippen molar-refractivity contribution in [1.29, 1.82) is 0 Å². The molecule has 0 spiro atoms. The molecule has 2 amide bonds. The summed E-state index contributed by atoms with van der Waals surface area (Å²) in [4.78, 5) is 25.9. The summed E-state index contributed by atoms with van der Waals surface area (Å²) in [6.45, 7) is 2.59. The molecule has 116 valence electrons. The molecule has 1 heterocycles. The third-order valence-electron chi connectivity index (χ3n) is 3.55. The van der Waals surface area contributed by atoms with Gasteiger partial charge in [-0.2, -0.15) is 0 Å². The monoisotopic (exact) mass is 310 g/mol. The number of carbonyl (C=O) groups excluding carboxylic acids is 1. The summed E-state index contributed by atoms with van der Waals surface area (Å²) >= 11 is 1.66. The Morgan fingerprint density at radius 2 is 2.29 bits per heavy atom. The van der Waals surface area contributed by atoms with E-state index >= 15 is 0 Å². The van der Waals surface area contributed by atoms with Crippen molar-refractivity contribution < 1.29 is 14.7 Å². The molecule has 21 heavy (non-hydrogen) atoms. The number of carbonyl (C=O) groups is 2. The van der Waals surface area contributed by atoms with Gasteiger partial charge in [0.2, 0.25) is 0 Å². The fourth-order valence-corrected chi connectivity index (χ4v) is 2.95. The maximum Gasteiger partial charge on any atom is 0.318 e. The second kappa shape index (κ2) is 7.45. The first-order valence-electron chi connectivity index (χ1n) is 7.37. The van der Waals surface area contributed by atoms with Crippen molar-refractivity contribution in [2.45, 2.75) is 57.7 Å². The van der Waals surface area contributed by atoms with Crippen LogP contribution in [0.3, 0.4) is 0 Å². The predicted molar refractivity (Wildman–Crippen MR) is 82.4 cm³/mol. The van der Waals surface area contributed by atoms with Gasteiger partial charge in [0.1, 0.15) is 0 Å². The van der Waals surface area contributed by atoms with Gasteiger partial charge in [-0.1, -0.05) is 6.07 Å². The first kappa shape index (κ1) is 15.8. The van der Waals surface area contributed by atoms with Gasteiger partial charge in [-0.25, -0.2) is 4.79 Å². The molecule has 0 aromatic carbocycles. The second-order valence-corrected chi connectivity index (χ2v) is 6.61. The molecule has 1 aromatic rings. The van der Waals surface area contributed by atoms with Crippen LogP contribution >= 0.6 is 11.3 Å². The quantitative estimate of drug-likeness (QED) is 0.775. The highest BCUT2D eigenvalue weighted by molar-refractivity contribution is 7.09. The van der Waals surface area contributed by atoms with Crippen LogP contribution in [0.5, 0.6) is 0 Å². The number of thiophene rings is 1. The molecule has 0 radical (unpaired) electrons. The molecule has 1 aliphatic rings. The Balaban J connectivity index is 1.80. The van der Waals surface area contributed by atoms with Crippen LogP contribution in [0.4, 0.5) is 4.79 Å². The van der Waals surface area contributed by atoms with Gasteiger partial charge in [0.05, 0.1) is 6.54 Å². The van der Waals surface area contributed by atoms with Crippen LogP contribution in [-0.2, 0) is 11.3 Å². The smallest absolute Gasteiger partial charge is 0.318 e. The Morgan fingerprint density at radius 1 is 1.52 bits per heavy atom. The van der Waals surface area contributed by atoms with Crippen LogP contribution in [0.25, 0.3) is 0 Å². The van der Waals surface area contributed by atoms with Gasteiger partial charge in [0.15, 0.2) is 0 Å². The summed E-state index contributed by atoms with van der Waals surface area (Å²) in [5.74, 6) is -0.786. The van der Waals surface area contributed by atoms with Crippen molar-refractivity contribution in [3.8, 4) is 0 Å². The average Bonchev–Trinajstić information content (AvgIpc) is 3.12. The summed E-state index contributed by atoms with van der Waals surface area (Å²) < 4.78 is 0. The van der Waals surface area contributed by atoms with Gasteiger partial charge >= 0.3 is 12.0 Å². The molecular weight excluding hydrogens is 288 g/mol. The Morgan fingerprint density at radius 3 is 2.86 bits per heavy atom. The zero-order valence-corrected chi connectivity index (χ0v) is 13.1. The van der Waals surface area contributed by atoms with Gasteiger partial charge < -0.3 is 15.3 Å². The van der Waals surface area contributed by atoms with E-state index in [1.165, 1.54) is 4.88 Å². The van der Waals surface area contributed by atoms with E-state index in [1.807, 2.05) is 29.3 Å². The highest BCUT2D eigenvalue weighted by Crippen LogP contribution is 2.29. The van der Waals surface area contributed by atoms with E-state index in [-0.39, 0.29) is 18.5 Å². The fraction of sp³-hybridized carbons (Fsp3) is 0.600. The Bertz CT molecular complexity index is 471. The van der Waals surface area contributed by atoms with Crippen LogP contribution in [-0.4, -0.2) is 34.1 Å². The van der Waals surface area contributed by atoms with E-state index in [2.05, 4.69) is 5.32 Å². The van der Waals surface area contributed by atoms with E-state index in [4.69, 9.17) is 5.11 Å². The van der Waals surface area contributed by atoms with Crippen molar-refractivity contribution >= 4 is 23.3 Å². The molecular formula is C15H22N2O3S. The molecule has 1 aliphatic carbocycles. The minimum absolute atomic E-state index is 0.00133. The highest BCUT2D eigenvalue weighted by atomic mass is 32.1. The van der Waals surface area contributed by atoms with Gasteiger partial charge in [0, 0.05) is 23.4 Å². The van der Waals surface area contributed by atoms with Crippen LogP contribution < -0.4 is 5.32 Å². The van der Waals surface area contributed by atoms with Crippen molar-refractivity contribution in [3.63, 3.8) is 0 Å². The summed E-state index contributed by atoms with van der Waals surface area (Å²) in [7, 11) is 0. The number of nitrogens with one attached hydrogen (secondary N) is 1. The molecule has 1 fully saturated rings. The number of aliphatic carboxylic acids is 1. The average molecular weight is 310 g/mol. The summed E-state index contributed by atoms with van der Waals surface area (Å²) in [6, 6.07) is 4.37. The molecule has 1 saturated carbocycles. The number of carboxylic acids is 1. The van der Waals surface area contributed by atoms with Crippen LogP contribution in [0, 0.1) is 0 Å². The van der Waals surface area contributed by atoms with Gasteiger partial charge in [0.25, 0.3) is 0 Å². The molecule has 6 heteroatoms. The maximum atomic E-state index is 12.4. The van der Waals surface area contributed by atoms with Crippen molar-refractivity contribution in [2.24, 2.45) is 0 Å². The highest BCUT2D eigenvalue weighted by Gasteiger charge is 2.33. The molecule has 1 aromatic heterocycles. The summed E-state index contributed by atoms with van der Waals surface area (Å²) in [6.07, 6.45) is 3.58. The number of rotatable bonds is 8. The Kier molecular flexibility index (Phi) is 5.61. The Hall–Kier alpha value is -1.56. The SMILES string of the molecule is CC(CCCC(=O)O)NC(=O)N(Cc1cccs1)C1CC1. The topological polar surface area (TPSA) is 69.6 Å². The summed E-state index contributed by atoms with van der Waals surface area (Å²) in [5, 5.41) is 13.6. The number of urea groups is 1. The second-order valence-electron chi connectivity index (χ2n) is 5.57. The number of nitrogens with zero attached hydrogens (tertiary/aromatic N) is 1. The molecule has 5 nitrogen and oxygen atoms in total. The van der Waals surface area contributed by atoms with E-state index in [1.54, 1.807) is 11.3 Å². The third kappa shape index (κ3) is 5.38. The predicted octanol–water partition coefficient (Wildman–Crippen LogP) is 3.07.